The van der Waals surface area contributed by atoms with Crippen molar-refractivity contribution in [3.8, 4) is 0 Å². The molecule has 0 aliphatic heterocycles. The highest BCUT2D eigenvalue weighted by molar-refractivity contribution is 5.95. The van der Waals surface area contributed by atoms with Crippen LogP contribution in [0.4, 0.5) is 0 Å². The van der Waals surface area contributed by atoms with Crippen LogP contribution in [0.2, 0.25) is 0 Å². The maximum atomic E-state index is 11.3. The van der Waals surface area contributed by atoms with Crippen molar-refractivity contribution >= 4 is 5.78 Å². The summed E-state index contributed by atoms with van der Waals surface area (Å²) in [6.07, 6.45) is 0.575. The van der Waals surface area contributed by atoms with E-state index in [2.05, 4.69) is 5.32 Å². The maximum absolute atomic E-state index is 11.3. The second-order valence-corrected chi connectivity index (χ2v) is 3.00. The summed E-state index contributed by atoms with van der Waals surface area (Å²) in [7, 11) is 1.91. The van der Waals surface area contributed by atoms with Crippen LogP contribution in [-0.2, 0) is 6.54 Å². The molecule has 13 heavy (non-hydrogen) atoms. The van der Waals surface area contributed by atoms with Crippen molar-refractivity contribution in [3.05, 3.63) is 35.4 Å². The van der Waals surface area contributed by atoms with Gasteiger partial charge in [0, 0.05) is 18.5 Å². The first-order valence-electron chi connectivity index (χ1n) is 4.54. The summed E-state index contributed by atoms with van der Waals surface area (Å²) in [5.41, 5.74) is 2.01. The Bertz CT molecular complexity index is 277. The molecule has 1 aromatic carbocycles. The van der Waals surface area contributed by atoms with Crippen LogP contribution in [0.5, 0.6) is 0 Å². The second-order valence-electron chi connectivity index (χ2n) is 3.00. The molecule has 0 fully saturated rings. The second kappa shape index (κ2) is 4.77. The van der Waals surface area contributed by atoms with Crippen LogP contribution in [0.3, 0.4) is 0 Å². The lowest BCUT2D eigenvalue weighted by atomic mass is 10.1. The highest BCUT2D eigenvalue weighted by Gasteiger charge is 2.01. The summed E-state index contributed by atoms with van der Waals surface area (Å²) in [6, 6.07) is 7.75. The van der Waals surface area contributed by atoms with E-state index in [0.29, 0.717) is 6.42 Å². The molecular weight excluding hydrogens is 162 g/mol. The third kappa shape index (κ3) is 2.67. The summed E-state index contributed by atoms with van der Waals surface area (Å²) < 4.78 is 0. The van der Waals surface area contributed by atoms with E-state index in [0.717, 1.165) is 12.1 Å². The van der Waals surface area contributed by atoms with Gasteiger partial charge in [0.1, 0.15) is 0 Å². The van der Waals surface area contributed by atoms with Crippen molar-refractivity contribution in [2.75, 3.05) is 7.05 Å². The number of rotatable bonds is 4. The third-order valence-electron chi connectivity index (χ3n) is 1.98. The first-order valence-corrected chi connectivity index (χ1v) is 4.54. The number of benzene rings is 1. The van der Waals surface area contributed by atoms with Gasteiger partial charge in [-0.25, -0.2) is 0 Å². The molecule has 1 N–H and O–H groups in total. The zero-order chi connectivity index (χ0) is 9.68. The number of ketones is 1. The van der Waals surface area contributed by atoms with E-state index in [1.165, 1.54) is 5.56 Å². The Morgan fingerprint density at radius 2 is 1.92 bits per heavy atom. The minimum atomic E-state index is 0.205. The smallest absolute Gasteiger partial charge is 0.162 e. The van der Waals surface area contributed by atoms with Crippen molar-refractivity contribution in [2.45, 2.75) is 19.9 Å². The Hall–Kier alpha value is -1.15. The average Bonchev–Trinajstić information content (AvgIpc) is 2.18. The zero-order valence-electron chi connectivity index (χ0n) is 8.13. The summed E-state index contributed by atoms with van der Waals surface area (Å²) >= 11 is 0. The van der Waals surface area contributed by atoms with Gasteiger partial charge in [-0.05, 0) is 12.6 Å². The molecule has 0 unspecified atom stereocenters. The number of hydrogen-bond acceptors (Lipinski definition) is 2. The Kier molecular flexibility index (Phi) is 3.65. The Balaban J connectivity index is 2.75. The first-order chi connectivity index (χ1) is 6.27. The van der Waals surface area contributed by atoms with Crippen LogP contribution in [0.25, 0.3) is 0 Å². The zero-order valence-corrected chi connectivity index (χ0v) is 8.13. The topological polar surface area (TPSA) is 29.1 Å². The molecule has 70 valence electrons. The predicted molar refractivity (Wildman–Crippen MR) is 53.8 cm³/mol. The van der Waals surface area contributed by atoms with Gasteiger partial charge in [0.05, 0.1) is 0 Å². The minimum absolute atomic E-state index is 0.205. The molecule has 0 aliphatic carbocycles. The van der Waals surface area contributed by atoms with Gasteiger partial charge in [0.2, 0.25) is 0 Å². The molecule has 0 bridgehead atoms. The molecule has 2 nitrogen and oxygen atoms in total. The van der Waals surface area contributed by atoms with Gasteiger partial charge in [-0.1, -0.05) is 31.2 Å². The monoisotopic (exact) mass is 177 g/mol. The number of Topliss-reactive ketones (excluding diaryl/α,β-unsaturated/α-hetero) is 1. The minimum Gasteiger partial charge on any atom is -0.316 e. The van der Waals surface area contributed by atoms with E-state index in [9.17, 15) is 4.79 Å². The molecule has 1 rings (SSSR count). The van der Waals surface area contributed by atoms with Crippen LogP contribution in [0, 0.1) is 0 Å². The van der Waals surface area contributed by atoms with Crippen LogP contribution in [-0.4, -0.2) is 12.8 Å². The molecule has 0 saturated carbocycles. The number of carbonyl (C=O) groups is 1. The van der Waals surface area contributed by atoms with E-state index >= 15 is 0 Å². The molecule has 0 radical (unpaired) electrons. The third-order valence-corrected chi connectivity index (χ3v) is 1.98. The molecule has 0 atom stereocenters. The fourth-order valence-corrected chi connectivity index (χ4v) is 1.22. The number of nitrogens with one attached hydrogen (secondary N) is 1. The van der Waals surface area contributed by atoms with Crippen molar-refractivity contribution in [1.29, 1.82) is 0 Å². The van der Waals surface area contributed by atoms with E-state index in [4.69, 9.17) is 0 Å². The Labute approximate surface area is 79.0 Å². The van der Waals surface area contributed by atoms with Gasteiger partial charge in [-0.2, -0.15) is 0 Å². The summed E-state index contributed by atoms with van der Waals surface area (Å²) in [6.45, 7) is 2.73. The molecule has 0 aromatic heterocycles. The Morgan fingerprint density at radius 1 is 1.31 bits per heavy atom. The van der Waals surface area contributed by atoms with E-state index < -0.39 is 0 Å². The fraction of sp³-hybridized carbons (Fsp3) is 0.364. The van der Waals surface area contributed by atoms with Gasteiger partial charge < -0.3 is 5.32 Å². The lowest BCUT2D eigenvalue weighted by Crippen LogP contribution is -2.05. The van der Waals surface area contributed by atoms with Crippen LogP contribution in [0.1, 0.15) is 29.3 Å². The quantitative estimate of drug-likeness (QED) is 0.713. The first kappa shape index (κ1) is 9.93. The van der Waals surface area contributed by atoms with Crippen LogP contribution >= 0.6 is 0 Å². The highest BCUT2D eigenvalue weighted by Crippen LogP contribution is 2.06. The molecule has 0 spiro atoms. The molecule has 1 aromatic rings. The lowest BCUT2D eigenvalue weighted by Gasteiger charge is -2.01. The van der Waals surface area contributed by atoms with Crippen molar-refractivity contribution in [3.63, 3.8) is 0 Å². The van der Waals surface area contributed by atoms with Gasteiger partial charge in [0.25, 0.3) is 0 Å². The molecule has 0 saturated heterocycles. The molecule has 0 amide bonds. The molecular formula is C11H15NO. The molecule has 2 heteroatoms. The number of carbonyl (C=O) groups excluding carboxylic acids is 1. The molecule has 0 heterocycles. The van der Waals surface area contributed by atoms with Gasteiger partial charge in [-0.15, -0.1) is 0 Å². The lowest BCUT2D eigenvalue weighted by molar-refractivity contribution is 0.0988. The summed E-state index contributed by atoms with van der Waals surface area (Å²) in [4.78, 5) is 11.3. The van der Waals surface area contributed by atoms with E-state index in [1.807, 2.05) is 38.2 Å². The summed E-state index contributed by atoms with van der Waals surface area (Å²) in [5.74, 6) is 0.205. The van der Waals surface area contributed by atoms with Crippen molar-refractivity contribution in [2.24, 2.45) is 0 Å². The predicted octanol–water partition coefficient (Wildman–Crippen LogP) is 2.00. The van der Waals surface area contributed by atoms with Gasteiger partial charge >= 0.3 is 0 Å². The maximum Gasteiger partial charge on any atom is 0.162 e. The van der Waals surface area contributed by atoms with Crippen molar-refractivity contribution in [1.82, 2.24) is 5.32 Å². The molecule has 0 aliphatic rings. The average molecular weight is 177 g/mol. The van der Waals surface area contributed by atoms with E-state index in [-0.39, 0.29) is 5.78 Å². The SMILES string of the molecule is CCC(=O)c1ccc(CNC)cc1. The van der Waals surface area contributed by atoms with Crippen LogP contribution < -0.4 is 5.32 Å². The van der Waals surface area contributed by atoms with Crippen LogP contribution in [0.15, 0.2) is 24.3 Å². The van der Waals surface area contributed by atoms with Gasteiger partial charge in [0.15, 0.2) is 5.78 Å². The highest BCUT2D eigenvalue weighted by atomic mass is 16.1. The standard InChI is InChI=1S/C11H15NO/c1-3-11(13)10-6-4-9(5-7-10)8-12-2/h4-7,12H,3,8H2,1-2H3. The van der Waals surface area contributed by atoms with E-state index in [1.54, 1.807) is 0 Å². The number of hydrogen-bond donors (Lipinski definition) is 1. The summed E-state index contributed by atoms with van der Waals surface area (Å²) in [5, 5.41) is 3.06. The largest absolute Gasteiger partial charge is 0.316 e. The van der Waals surface area contributed by atoms with Crippen molar-refractivity contribution < 1.29 is 4.79 Å². The normalized spacial score (nSPS) is 10.0. The Morgan fingerprint density at radius 3 is 2.38 bits per heavy atom. The fourth-order valence-electron chi connectivity index (χ4n) is 1.22. The van der Waals surface area contributed by atoms with Gasteiger partial charge in [-0.3, -0.25) is 4.79 Å².